The second kappa shape index (κ2) is 9.09. The molecule has 2 N–H and O–H groups in total. The molecule has 0 saturated heterocycles. The highest BCUT2D eigenvalue weighted by atomic mass is 16.5. The summed E-state index contributed by atoms with van der Waals surface area (Å²) in [7, 11) is 5.28. The van der Waals surface area contributed by atoms with Crippen LogP contribution in [0.25, 0.3) is 44.5 Å². The number of methoxy groups -OCH3 is 1. The van der Waals surface area contributed by atoms with Gasteiger partial charge in [0.05, 0.1) is 48.2 Å². The topological polar surface area (TPSA) is 121 Å². The predicted octanol–water partition coefficient (Wildman–Crippen LogP) is 3.74. The van der Waals surface area contributed by atoms with Crippen LogP contribution >= 0.6 is 0 Å². The third-order valence-corrected chi connectivity index (χ3v) is 7.32. The molecule has 11 nitrogen and oxygen atoms in total. The van der Waals surface area contributed by atoms with Crippen molar-refractivity contribution in [1.29, 1.82) is 0 Å². The Morgan fingerprint density at radius 2 is 1.92 bits per heavy atom. The summed E-state index contributed by atoms with van der Waals surface area (Å²) in [6.45, 7) is 2.09. The van der Waals surface area contributed by atoms with Crippen LogP contribution in [0.5, 0.6) is 5.75 Å². The number of amides is 1. The standard InChI is InChI=1S/C27H29N7O4/c1-5-38-26(35)30-17-10-18(11-17)34-24-20(33(3)27(34)36)13-28-25-22(24)21(15-6-8-19(37-4)9-7-15)23(31-25)16-12-29-32(2)14-16/h6-9,12-14,17-18H,5,10-11H2,1-4H3,(H,28,31)(H,30,35). The maximum atomic E-state index is 13.6. The molecule has 4 heterocycles. The molecule has 0 atom stereocenters. The van der Waals surface area contributed by atoms with Crippen LogP contribution in [0.2, 0.25) is 0 Å². The van der Waals surface area contributed by atoms with E-state index in [1.54, 1.807) is 36.5 Å². The Hall–Kier alpha value is -4.54. The van der Waals surface area contributed by atoms with Crippen LogP contribution in [0.1, 0.15) is 25.8 Å². The van der Waals surface area contributed by atoms with Gasteiger partial charge in [0.15, 0.2) is 0 Å². The summed E-state index contributed by atoms with van der Waals surface area (Å²) < 4.78 is 15.7. The molecule has 5 aromatic rings. The summed E-state index contributed by atoms with van der Waals surface area (Å²) >= 11 is 0. The van der Waals surface area contributed by atoms with E-state index in [1.165, 1.54) is 0 Å². The van der Waals surface area contributed by atoms with Crippen molar-refractivity contribution in [2.24, 2.45) is 14.1 Å². The zero-order chi connectivity index (χ0) is 26.6. The van der Waals surface area contributed by atoms with E-state index >= 15 is 0 Å². The monoisotopic (exact) mass is 515 g/mol. The Labute approximate surface area is 218 Å². The number of fused-ring (bicyclic) bond motifs is 3. The Kier molecular flexibility index (Phi) is 5.70. The Bertz CT molecular complexity index is 1720. The SMILES string of the molecule is CCOC(=O)NC1CC(n2c(=O)n(C)c3cnc4[nH]c(-c5cnn(C)c5)c(-c5ccc(OC)cc5)c4c32)C1. The first kappa shape index (κ1) is 23.8. The van der Waals surface area contributed by atoms with Crippen LogP contribution in [-0.4, -0.2) is 54.7 Å². The molecule has 1 aromatic carbocycles. The molecule has 0 bridgehead atoms. The zero-order valence-electron chi connectivity index (χ0n) is 21.7. The first-order valence-electron chi connectivity index (χ1n) is 12.6. The highest BCUT2D eigenvalue weighted by molar-refractivity contribution is 6.14. The number of pyridine rings is 1. The van der Waals surface area contributed by atoms with Crippen molar-refractivity contribution in [1.82, 2.24) is 34.2 Å². The number of hydrogen-bond donors (Lipinski definition) is 2. The number of benzene rings is 1. The zero-order valence-corrected chi connectivity index (χ0v) is 21.7. The summed E-state index contributed by atoms with van der Waals surface area (Å²) in [6, 6.07) is 7.75. The van der Waals surface area contributed by atoms with Crippen LogP contribution in [0.4, 0.5) is 4.79 Å². The van der Waals surface area contributed by atoms with E-state index in [4.69, 9.17) is 14.5 Å². The van der Waals surface area contributed by atoms with Gasteiger partial charge in [-0.1, -0.05) is 12.1 Å². The van der Waals surface area contributed by atoms with Crippen LogP contribution in [0.3, 0.4) is 0 Å². The van der Waals surface area contributed by atoms with Gasteiger partial charge in [0.2, 0.25) is 0 Å². The lowest BCUT2D eigenvalue weighted by atomic mass is 9.86. The quantitative estimate of drug-likeness (QED) is 0.355. The van der Waals surface area contributed by atoms with Crippen LogP contribution in [0.15, 0.2) is 47.7 Å². The predicted molar refractivity (Wildman–Crippen MR) is 143 cm³/mol. The number of aryl methyl sites for hydroxylation is 2. The number of rotatable bonds is 6. The number of alkyl carbamates (subject to hydrolysis) is 1. The minimum absolute atomic E-state index is 0.0447. The van der Waals surface area contributed by atoms with Crippen molar-refractivity contribution in [2.45, 2.75) is 31.8 Å². The fourth-order valence-electron chi connectivity index (χ4n) is 5.39. The summed E-state index contributed by atoms with van der Waals surface area (Å²) in [6.07, 6.45) is 6.35. The molecule has 0 aliphatic heterocycles. The summed E-state index contributed by atoms with van der Waals surface area (Å²) in [4.78, 5) is 33.7. The van der Waals surface area contributed by atoms with E-state index in [1.807, 2.05) is 48.3 Å². The van der Waals surface area contributed by atoms with Crippen molar-refractivity contribution < 1.29 is 14.3 Å². The molecular formula is C27H29N7O4. The Balaban J connectivity index is 1.56. The lowest BCUT2D eigenvalue weighted by molar-refractivity contribution is 0.133. The smallest absolute Gasteiger partial charge is 0.407 e. The molecule has 11 heteroatoms. The maximum Gasteiger partial charge on any atom is 0.407 e. The third-order valence-electron chi connectivity index (χ3n) is 7.32. The number of nitrogens with one attached hydrogen (secondary N) is 2. The summed E-state index contributed by atoms with van der Waals surface area (Å²) in [5, 5.41) is 8.12. The average molecular weight is 516 g/mol. The first-order valence-corrected chi connectivity index (χ1v) is 12.6. The second-order valence-electron chi connectivity index (χ2n) is 9.62. The molecule has 0 unspecified atom stereocenters. The third kappa shape index (κ3) is 3.73. The fourth-order valence-corrected chi connectivity index (χ4v) is 5.39. The minimum atomic E-state index is -0.429. The molecule has 196 valence electrons. The van der Waals surface area contributed by atoms with Gasteiger partial charge in [0.25, 0.3) is 0 Å². The fraction of sp³-hybridized carbons (Fsp3) is 0.333. The van der Waals surface area contributed by atoms with Crippen LogP contribution in [-0.2, 0) is 18.8 Å². The number of H-pyrrole nitrogens is 1. The lowest BCUT2D eigenvalue weighted by Gasteiger charge is -2.36. The minimum Gasteiger partial charge on any atom is -0.497 e. The van der Waals surface area contributed by atoms with Crippen LogP contribution < -0.4 is 15.7 Å². The highest BCUT2D eigenvalue weighted by Gasteiger charge is 2.35. The van der Waals surface area contributed by atoms with Gasteiger partial charge in [0.1, 0.15) is 11.4 Å². The van der Waals surface area contributed by atoms with Crippen molar-refractivity contribution in [3.63, 3.8) is 0 Å². The molecule has 1 aliphatic carbocycles. The number of nitrogens with zero attached hydrogens (tertiary/aromatic N) is 5. The molecule has 38 heavy (non-hydrogen) atoms. The van der Waals surface area contributed by atoms with E-state index in [9.17, 15) is 9.59 Å². The van der Waals surface area contributed by atoms with Crippen molar-refractivity contribution >= 4 is 28.2 Å². The van der Waals surface area contributed by atoms with Gasteiger partial charge < -0.3 is 19.8 Å². The second-order valence-corrected chi connectivity index (χ2v) is 9.62. The molecule has 4 aromatic heterocycles. The summed E-state index contributed by atoms with van der Waals surface area (Å²) in [5.74, 6) is 0.756. The molecule has 0 spiro atoms. The van der Waals surface area contributed by atoms with E-state index in [-0.39, 0.29) is 17.8 Å². The average Bonchev–Trinajstić information content (AvgIpc) is 3.56. The van der Waals surface area contributed by atoms with Crippen molar-refractivity contribution in [2.75, 3.05) is 13.7 Å². The summed E-state index contributed by atoms with van der Waals surface area (Å²) in [5.41, 5.74) is 5.82. The van der Waals surface area contributed by atoms with Gasteiger partial charge in [-0.3, -0.25) is 13.8 Å². The maximum absolute atomic E-state index is 13.6. The van der Waals surface area contributed by atoms with Crippen LogP contribution in [0, 0.1) is 0 Å². The molecule has 6 rings (SSSR count). The molecule has 0 radical (unpaired) electrons. The van der Waals surface area contributed by atoms with E-state index in [0.717, 1.165) is 44.6 Å². The van der Waals surface area contributed by atoms with E-state index in [0.29, 0.717) is 25.1 Å². The van der Waals surface area contributed by atoms with Crippen molar-refractivity contribution in [3.05, 3.63) is 53.3 Å². The Morgan fingerprint density at radius 3 is 2.58 bits per heavy atom. The molecule has 1 amide bonds. The molecule has 1 saturated carbocycles. The van der Waals surface area contributed by atoms with Gasteiger partial charge in [0, 0.05) is 43.5 Å². The van der Waals surface area contributed by atoms with E-state index in [2.05, 4.69) is 15.4 Å². The van der Waals surface area contributed by atoms with Gasteiger partial charge in [-0.2, -0.15) is 5.10 Å². The lowest BCUT2D eigenvalue weighted by Crippen LogP contribution is -2.47. The number of imidazole rings is 1. The molecular weight excluding hydrogens is 486 g/mol. The number of ether oxygens (including phenoxy) is 2. The largest absolute Gasteiger partial charge is 0.497 e. The van der Waals surface area contributed by atoms with Gasteiger partial charge in [-0.15, -0.1) is 0 Å². The van der Waals surface area contributed by atoms with Gasteiger partial charge in [-0.05, 0) is 37.5 Å². The van der Waals surface area contributed by atoms with E-state index < -0.39 is 6.09 Å². The number of hydrogen-bond acceptors (Lipinski definition) is 6. The molecule has 1 aliphatic rings. The number of aromatic amines is 1. The number of carbonyl (C=O) groups excluding carboxylic acids is 1. The Morgan fingerprint density at radius 1 is 1.16 bits per heavy atom. The number of carbonyl (C=O) groups is 1. The van der Waals surface area contributed by atoms with Crippen molar-refractivity contribution in [3.8, 4) is 28.1 Å². The highest BCUT2D eigenvalue weighted by Crippen LogP contribution is 2.43. The number of aromatic nitrogens is 6. The van der Waals surface area contributed by atoms with Gasteiger partial charge >= 0.3 is 11.8 Å². The first-order chi connectivity index (χ1) is 18.4. The normalized spacial score (nSPS) is 17.1. The van der Waals surface area contributed by atoms with Gasteiger partial charge in [-0.25, -0.2) is 14.6 Å². The molecule has 1 fully saturated rings.